The van der Waals surface area contributed by atoms with E-state index in [4.69, 9.17) is 0 Å². The van der Waals surface area contributed by atoms with Crippen molar-refractivity contribution in [2.24, 2.45) is 11.5 Å². The maximum atomic E-state index is 4.50. The number of hydrogen-bond donors (Lipinski definition) is 2. The van der Waals surface area contributed by atoms with Crippen LogP contribution in [0.25, 0.3) is 0 Å². The molecule has 1 radical (unpaired) electrons. The molecule has 2 nitrogen and oxygen atoms in total. The Morgan fingerprint density at radius 1 is 0.571 bits per heavy atom. The van der Waals surface area contributed by atoms with Crippen molar-refractivity contribution in [2.45, 2.75) is 13.8 Å². The minimum absolute atomic E-state index is 0. The molecule has 14 heavy (non-hydrogen) atoms. The Labute approximate surface area is 115 Å². The molecule has 0 aromatic heterocycles. The van der Waals surface area contributed by atoms with E-state index in [1.54, 1.807) is 0 Å². The fourth-order valence-electron chi connectivity index (χ4n) is 0.385. The minimum atomic E-state index is 0. The van der Waals surface area contributed by atoms with E-state index >= 15 is 0 Å². The number of hydrogen-bond acceptors (Lipinski definition) is 2. The van der Waals surface area contributed by atoms with Crippen LogP contribution >= 0.6 is 0 Å². The molecule has 0 unspecified atom stereocenters. The zero-order chi connectivity index (χ0) is 10.2. The first kappa shape index (κ1) is 29.2. The SMILES string of the molecule is CC.CN.CN.[CH3-].[Y].c1ccccc1. The summed E-state index contributed by atoms with van der Waals surface area (Å²) in [5.41, 5.74) is 9.00. The van der Waals surface area contributed by atoms with E-state index in [9.17, 15) is 0 Å². The van der Waals surface area contributed by atoms with Crippen LogP contribution in [-0.2, 0) is 32.7 Å². The van der Waals surface area contributed by atoms with Crippen LogP contribution < -0.4 is 11.5 Å². The van der Waals surface area contributed by atoms with Crippen LogP contribution in [0.4, 0.5) is 0 Å². The molecule has 83 valence electrons. The van der Waals surface area contributed by atoms with E-state index in [1.807, 2.05) is 50.2 Å². The Morgan fingerprint density at radius 3 is 0.714 bits per heavy atom. The van der Waals surface area contributed by atoms with Gasteiger partial charge in [-0.05, 0) is 14.1 Å². The summed E-state index contributed by atoms with van der Waals surface area (Å²) in [6.07, 6.45) is 0. The van der Waals surface area contributed by atoms with Crippen molar-refractivity contribution in [3.63, 3.8) is 0 Å². The van der Waals surface area contributed by atoms with Crippen molar-refractivity contribution >= 4 is 0 Å². The molecule has 0 atom stereocenters. The van der Waals surface area contributed by atoms with E-state index in [1.165, 1.54) is 14.1 Å². The molecule has 0 heterocycles. The Morgan fingerprint density at radius 2 is 0.643 bits per heavy atom. The summed E-state index contributed by atoms with van der Waals surface area (Å²) in [7, 11) is 3.00. The van der Waals surface area contributed by atoms with Gasteiger partial charge in [-0.1, -0.05) is 50.2 Å². The van der Waals surface area contributed by atoms with Crippen molar-refractivity contribution in [1.29, 1.82) is 0 Å². The molecule has 0 spiro atoms. The van der Waals surface area contributed by atoms with Crippen molar-refractivity contribution < 1.29 is 32.7 Å². The van der Waals surface area contributed by atoms with Crippen molar-refractivity contribution in [1.82, 2.24) is 0 Å². The molecule has 0 aliphatic heterocycles. The van der Waals surface area contributed by atoms with Crippen LogP contribution in [0.15, 0.2) is 36.4 Å². The van der Waals surface area contributed by atoms with Gasteiger partial charge in [-0.15, -0.1) is 0 Å². The molecule has 3 heteroatoms. The molecule has 1 aromatic rings. The van der Waals surface area contributed by atoms with Gasteiger partial charge >= 0.3 is 0 Å². The summed E-state index contributed by atoms with van der Waals surface area (Å²) in [6.45, 7) is 4.00. The van der Waals surface area contributed by atoms with Gasteiger partial charge in [0.05, 0.1) is 0 Å². The molecular weight excluding hydrogens is 249 g/mol. The van der Waals surface area contributed by atoms with E-state index < -0.39 is 0 Å². The van der Waals surface area contributed by atoms with Gasteiger partial charge in [0.1, 0.15) is 0 Å². The predicted molar refractivity (Wildman–Crippen MR) is 64.4 cm³/mol. The summed E-state index contributed by atoms with van der Waals surface area (Å²) in [5.74, 6) is 0. The standard InChI is InChI=1S/C6H6.C2H6.2CH5N.CH3.Y/c1-2-4-6-5-3-1;3*1-2;;/h1-6H;1-2H3;2*2H2,1H3;1H3;/q;;;;-1;. The van der Waals surface area contributed by atoms with E-state index in [0.29, 0.717) is 0 Å². The molecule has 0 amide bonds. The van der Waals surface area contributed by atoms with E-state index in [-0.39, 0.29) is 40.1 Å². The zero-order valence-corrected chi connectivity index (χ0v) is 13.0. The summed E-state index contributed by atoms with van der Waals surface area (Å²) in [6, 6.07) is 12.0. The van der Waals surface area contributed by atoms with Crippen LogP contribution in [0, 0.1) is 7.43 Å². The largest absolute Gasteiger partial charge is 0.358 e. The molecule has 0 fully saturated rings. The second kappa shape index (κ2) is 50.9. The fourth-order valence-corrected chi connectivity index (χ4v) is 0.385. The Hall–Kier alpha value is 0.244. The quantitative estimate of drug-likeness (QED) is 0.713. The number of nitrogens with two attached hydrogens (primary N) is 2. The molecule has 1 rings (SSSR count). The summed E-state index contributed by atoms with van der Waals surface area (Å²) in [4.78, 5) is 0. The smallest absolute Gasteiger partial charge is 0 e. The Balaban J connectivity index is -0.0000000300. The minimum Gasteiger partial charge on any atom is -0.358 e. The van der Waals surface area contributed by atoms with E-state index in [0.717, 1.165) is 0 Å². The molecule has 0 bridgehead atoms. The molecular formula is C11H25N2Y-. The van der Waals surface area contributed by atoms with Gasteiger partial charge in [0.25, 0.3) is 0 Å². The average molecular weight is 274 g/mol. The van der Waals surface area contributed by atoms with Crippen LogP contribution in [0.5, 0.6) is 0 Å². The van der Waals surface area contributed by atoms with E-state index in [2.05, 4.69) is 11.5 Å². The molecule has 0 aliphatic rings. The third kappa shape index (κ3) is 39.7. The van der Waals surface area contributed by atoms with Crippen LogP contribution in [0.1, 0.15) is 13.8 Å². The topological polar surface area (TPSA) is 52.0 Å². The normalized spacial score (nSPS) is 4.71. The average Bonchev–Trinajstić information content (AvgIpc) is 2.29. The van der Waals surface area contributed by atoms with Gasteiger partial charge in [0, 0.05) is 32.7 Å². The number of rotatable bonds is 0. The van der Waals surface area contributed by atoms with Gasteiger partial charge in [-0.2, -0.15) is 0 Å². The Kier molecular flexibility index (Phi) is 106. The first-order chi connectivity index (χ1) is 6.00. The van der Waals surface area contributed by atoms with Gasteiger partial charge in [0.15, 0.2) is 0 Å². The monoisotopic (exact) mass is 274 g/mol. The summed E-state index contributed by atoms with van der Waals surface area (Å²) in [5, 5.41) is 0. The second-order valence-corrected chi connectivity index (χ2v) is 1.15. The molecule has 0 saturated heterocycles. The van der Waals surface area contributed by atoms with Crippen molar-refractivity contribution in [3.05, 3.63) is 43.8 Å². The van der Waals surface area contributed by atoms with Crippen molar-refractivity contribution in [2.75, 3.05) is 14.1 Å². The van der Waals surface area contributed by atoms with Gasteiger partial charge in [-0.25, -0.2) is 0 Å². The summed E-state index contributed by atoms with van der Waals surface area (Å²) < 4.78 is 0. The van der Waals surface area contributed by atoms with Crippen LogP contribution in [0.3, 0.4) is 0 Å². The summed E-state index contributed by atoms with van der Waals surface area (Å²) >= 11 is 0. The first-order valence-corrected chi connectivity index (χ1v) is 4.15. The van der Waals surface area contributed by atoms with Gasteiger partial charge in [-0.3, -0.25) is 0 Å². The molecule has 4 N–H and O–H groups in total. The maximum Gasteiger partial charge on any atom is 0 e. The maximum absolute atomic E-state index is 4.50. The number of benzene rings is 1. The van der Waals surface area contributed by atoms with Crippen LogP contribution in [-0.4, -0.2) is 14.1 Å². The van der Waals surface area contributed by atoms with Crippen molar-refractivity contribution in [3.8, 4) is 0 Å². The van der Waals surface area contributed by atoms with Gasteiger partial charge < -0.3 is 18.9 Å². The Bertz CT molecular complexity index is 85.2. The van der Waals surface area contributed by atoms with Crippen LogP contribution in [0.2, 0.25) is 0 Å². The van der Waals surface area contributed by atoms with Gasteiger partial charge in [0.2, 0.25) is 0 Å². The predicted octanol–water partition coefficient (Wildman–Crippen LogP) is 2.31. The first-order valence-electron chi connectivity index (χ1n) is 4.15. The molecule has 0 aliphatic carbocycles. The molecule has 0 saturated carbocycles. The zero-order valence-electron chi connectivity index (χ0n) is 10.2. The second-order valence-electron chi connectivity index (χ2n) is 1.15. The fraction of sp³-hybridized carbons (Fsp3) is 0.364. The third-order valence-electron chi connectivity index (χ3n) is 0.667. The molecule has 1 aromatic carbocycles. The third-order valence-corrected chi connectivity index (χ3v) is 0.667.